The van der Waals surface area contributed by atoms with Crippen LogP contribution in [0.2, 0.25) is 5.02 Å². The van der Waals surface area contributed by atoms with Gasteiger partial charge in [-0.15, -0.1) is 0 Å². The number of aromatic amines is 1. The van der Waals surface area contributed by atoms with Crippen LogP contribution in [-0.4, -0.2) is 37.5 Å². The summed E-state index contributed by atoms with van der Waals surface area (Å²) in [5.41, 5.74) is 0.475. The molecule has 2 aromatic rings. The molecule has 3 N–H and O–H groups in total. The third-order valence-electron chi connectivity index (χ3n) is 3.44. The van der Waals surface area contributed by atoms with E-state index in [1.54, 1.807) is 6.07 Å². The number of pyridine rings is 1. The molecule has 0 unspecified atom stereocenters. The van der Waals surface area contributed by atoms with E-state index < -0.39 is 10.0 Å². The number of hydrogen-bond donors (Lipinski definition) is 3. The second kappa shape index (κ2) is 5.33. The van der Waals surface area contributed by atoms with Gasteiger partial charge in [0.25, 0.3) is 0 Å². The van der Waals surface area contributed by atoms with Crippen molar-refractivity contribution in [2.45, 2.75) is 23.8 Å². The maximum Gasteiger partial charge on any atom is 0.243 e. The Morgan fingerprint density at radius 2 is 2.10 bits per heavy atom. The van der Waals surface area contributed by atoms with Gasteiger partial charge < -0.3 is 10.3 Å². The van der Waals surface area contributed by atoms with Gasteiger partial charge in [-0.2, -0.15) is 0 Å². The molecule has 0 aromatic carbocycles. The van der Waals surface area contributed by atoms with Crippen molar-refractivity contribution >= 4 is 32.7 Å². The van der Waals surface area contributed by atoms with Crippen LogP contribution in [0, 0.1) is 0 Å². The average Bonchev–Trinajstić information content (AvgIpc) is 2.85. The summed E-state index contributed by atoms with van der Waals surface area (Å²) in [5.74, 6) is 0. The first-order valence-corrected chi connectivity index (χ1v) is 8.29. The van der Waals surface area contributed by atoms with Crippen LogP contribution in [0.15, 0.2) is 23.4 Å². The third-order valence-corrected chi connectivity index (χ3v) is 5.30. The number of sulfonamides is 1. The van der Waals surface area contributed by atoms with Crippen LogP contribution in [-0.2, 0) is 10.0 Å². The first kappa shape index (κ1) is 13.8. The molecule has 3 heterocycles. The molecule has 108 valence electrons. The number of H-pyrrole nitrogens is 1. The molecule has 1 aliphatic heterocycles. The number of piperidine rings is 1. The van der Waals surface area contributed by atoms with Gasteiger partial charge in [0.1, 0.15) is 10.5 Å². The largest absolute Gasteiger partial charge is 0.345 e. The van der Waals surface area contributed by atoms with E-state index in [4.69, 9.17) is 11.6 Å². The van der Waals surface area contributed by atoms with Crippen LogP contribution in [0.1, 0.15) is 12.8 Å². The molecule has 2 aromatic heterocycles. The van der Waals surface area contributed by atoms with Crippen molar-refractivity contribution in [1.82, 2.24) is 20.0 Å². The summed E-state index contributed by atoms with van der Waals surface area (Å²) in [5, 5.41) is 4.02. The Balaban J connectivity index is 1.96. The Kier molecular flexibility index (Phi) is 3.68. The van der Waals surface area contributed by atoms with Crippen molar-refractivity contribution in [3.05, 3.63) is 23.5 Å². The van der Waals surface area contributed by atoms with E-state index in [0.717, 1.165) is 25.9 Å². The summed E-state index contributed by atoms with van der Waals surface area (Å²) in [6.07, 6.45) is 4.55. The van der Waals surface area contributed by atoms with Gasteiger partial charge in [-0.3, -0.25) is 0 Å². The van der Waals surface area contributed by atoms with Gasteiger partial charge in [-0.05, 0) is 32.0 Å². The van der Waals surface area contributed by atoms with Gasteiger partial charge in [-0.25, -0.2) is 18.1 Å². The highest BCUT2D eigenvalue weighted by atomic mass is 35.5. The van der Waals surface area contributed by atoms with Crippen molar-refractivity contribution in [1.29, 1.82) is 0 Å². The lowest BCUT2D eigenvalue weighted by Gasteiger charge is -2.23. The molecule has 3 rings (SSSR count). The van der Waals surface area contributed by atoms with Crippen LogP contribution in [0.25, 0.3) is 11.0 Å². The van der Waals surface area contributed by atoms with E-state index in [2.05, 4.69) is 20.0 Å². The summed E-state index contributed by atoms with van der Waals surface area (Å²) in [7, 11) is -3.60. The molecule has 20 heavy (non-hydrogen) atoms. The van der Waals surface area contributed by atoms with Crippen LogP contribution < -0.4 is 10.0 Å². The lowest BCUT2D eigenvalue weighted by atomic mass is 10.1. The number of nitrogens with one attached hydrogen (secondary N) is 3. The number of rotatable bonds is 3. The molecular formula is C12H15ClN4O2S. The molecular weight excluding hydrogens is 300 g/mol. The number of halogens is 1. The minimum absolute atomic E-state index is 0.0401. The quantitative estimate of drug-likeness (QED) is 0.795. The summed E-state index contributed by atoms with van der Waals surface area (Å²) in [4.78, 5) is 7.08. The fourth-order valence-electron chi connectivity index (χ4n) is 2.42. The van der Waals surface area contributed by atoms with Gasteiger partial charge in [-0.1, -0.05) is 11.6 Å². The van der Waals surface area contributed by atoms with E-state index in [1.807, 2.05) is 0 Å². The summed E-state index contributed by atoms with van der Waals surface area (Å²) < 4.78 is 27.7. The zero-order chi connectivity index (χ0) is 14.2. The second-order valence-corrected chi connectivity index (χ2v) is 6.90. The van der Waals surface area contributed by atoms with E-state index in [-0.39, 0.29) is 10.9 Å². The highest BCUT2D eigenvalue weighted by Crippen LogP contribution is 2.28. The van der Waals surface area contributed by atoms with Gasteiger partial charge in [0.05, 0.1) is 10.4 Å². The first-order chi connectivity index (χ1) is 9.58. The lowest BCUT2D eigenvalue weighted by molar-refractivity contribution is 0.427. The van der Waals surface area contributed by atoms with E-state index in [1.165, 1.54) is 12.4 Å². The smallest absolute Gasteiger partial charge is 0.243 e. The molecule has 0 spiro atoms. The predicted molar refractivity (Wildman–Crippen MR) is 77.3 cm³/mol. The molecule has 0 radical (unpaired) electrons. The summed E-state index contributed by atoms with van der Waals surface area (Å²) in [6, 6.07) is 1.54. The number of fused-ring (bicyclic) bond motifs is 1. The first-order valence-electron chi connectivity index (χ1n) is 6.42. The van der Waals surface area contributed by atoms with Crippen LogP contribution in [0.3, 0.4) is 0 Å². The monoisotopic (exact) mass is 314 g/mol. The van der Waals surface area contributed by atoms with Gasteiger partial charge in [0.2, 0.25) is 10.0 Å². The second-order valence-electron chi connectivity index (χ2n) is 4.81. The average molecular weight is 315 g/mol. The highest BCUT2D eigenvalue weighted by Gasteiger charge is 2.25. The molecule has 0 atom stereocenters. The SMILES string of the molecule is O=S(=O)(NC1CCNCC1)c1c[nH]c2nccc(Cl)c12. The Bertz CT molecular complexity index is 722. The molecule has 0 saturated carbocycles. The minimum atomic E-state index is -3.60. The standard InChI is InChI=1S/C12H15ClN4O2S/c13-9-3-6-15-12-11(9)10(7-16-12)20(18,19)17-8-1-4-14-5-2-8/h3,6-8,14,17H,1-2,4-5H2,(H,15,16). The third kappa shape index (κ3) is 2.54. The Morgan fingerprint density at radius 1 is 1.35 bits per heavy atom. The number of nitrogens with zero attached hydrogens (tertiary/aromatic N) is 1. The predicted octanol–water partition coefficient (Wildman–Crippen LogP) is 1.25. The van der Waals surface area contributed by atoms with E-state index in [9.17, 15) is 8.42 Å². The van der Waals surface area contributed by atoms with Crippen molar-refractivity contribution in [2.75, 3.05) is 13.1 Å². The summed E-state index contributed by atoms with van der Waals surface area (Å²) >= 11 is 6.09. The van der Waals surface area contributed by atoms with Crippen LogP contribution in [0.4, 0.5) is 0 Å². The molecule has 0 bridgehead atoms. The zero-order valence-corrected chi connectivity index (χ0v) is 12.3. The molecule has 0 aliphatic carbocycles. The number of hydrogen-bond acceptors (Lipinski definition) is 4. The van der Waals surface area contributed by atoms with E-state index in [0.29, 0.717) is 16.1 Å². The Labute approximate surface area is 122 Å². The van der Waals surface area contributed by atoms with Crippen LogP contribution >= 0.6 is 11.6 Å². The van der Waals surface area contributed by atoms with E-state index >= 15 is 0 Å². The zero-order valence-electron chi connectivity index (χ0n) is 10.7. The summed E-state index contributed by atoms with van der Waals surface area (Å²) in [6.45, 7) is 1.65. The fourth-order valence-corrected chi connectivity index (χ4v) is 4.22. The maximum atomic E-state index is 12.5. The van der Waals surface area contributed by atoms with Crippen molar-refractivity contribution < 1.29 is 8.42 Å². The Hall–Kier alpha value is -1.15. The highest BCUT2D eigenvalue weighted by molar-refractivity contribution is 7.89. The topological polar surface area (TPSA) is 86.9 Å². The molecule has 0 amide bonds. The van der Waals surface area contributed by atoms with Gasteiger partial charge >= 0.3 is 0 Å². The van der Waals surface area contributed by atoms with Gasteiger partial charge in [0.15, 0.2) is 0 Å². The van der Waals surface area contributed by atoms with Gasteiger partial charge in [0, 0.05) is 18.4 Å². The molecule has 1 fully saturated rings. The van der Waals surface area contributed by atoms with Crippen molar-refractivity contribution in [3.8, 4) is 0 Å². The van der Waals surface area contributed by atoms with Crippen molar-refractivity contribution in [3.63, 3.8) is 0 Å². The molecule has 1 saturated heterocycles. The van der Waals surface area contributed by atoms with Crippen LogP contribution in [0.5, 0.6) is 0 Å². The molecule has 8 heteroatoms. The minimum Gasteiger partial charge on any atom is -0.345 e. The number of aromatic nitrogens is 2. The molecule has 1 aliphatic rings. The van der Waals surface area contributed by atoms with Crippen molar-refractivity contribution in [2.24, 2.45) is 0 Å². The maximum absolute atomic E-state index is 12.5. The Morgan fingerprint density at radius 3 is 2.85 bits per heavy atom. The lowest BCUT2D eigenvalue weighted by Crippen LogP contribution is -2.42. The fraction of sp³-hybridized carbons (Fsp3) is 0.417. The molecule has 6 nitrogen and oxygen atoms in total. The normalized spacial score (nSPS) is 17.6.